The molecule has 0 bridgehead atoms. The number of furan rings is 1. The topological polar surface area (TPSA) is 67.5 Å². The van der Waals surface area contributed by atoms with Gasteiger partial charge < -0.3 is 19.2 Å². The third-order valence-electron chi connectivity index (χ3n) is 7.94. The molecular formula is C30H30ClN3O3. The Morgan fingerprint density at radius 2 is 1.73 bits per heavy atom. The van der Waals surface area contributed by atoms with Crippen LogP contribution in [0.2, 0.25) is 5.02 Å². The fourth-order valence-corrected chi connectivity index (χ4v) is 6.16. The second-order valence-corrected chi connectivity index (χ2v) is 10.6. The zero-order valence-electron chi connectivity index (χ0n) is 20.7. The molecule has 1 N–H and O–H groups in total. The van der Waals surface area contributed by atoms with E-state index < -0.39 is 5.54 Å². The van der Waals surface area contributed by atoms with E-state index in [4.69, 9.17) is 16.0 Å². The highest BCUT2D eigenvalue weighted by Crippen LogP contribution is 2.41. The van der Waals surface area contributed by atoms with Crippen molar-refractivity contribution in [3.63, 3.8) is 0 Å². The summed E-state index contributed by atoms with van der Waals surface area (Å²) in [6.07, 6.45) is 8.11. The van der Waals surface area contributed by atoms with E-state index in [0.29, 0.717) is 16.3 Å². The minimum absolute atomic E-state index is 0.0906. The molecule has 190 valence electrons. The normalized spacial score (nSPS) is 20.6. The maximum absolute atomic E-state index is 14.6. The van der Waals surface area contributed by atoms with Crippen molar-refractivity contribution in [3.05, 3.63) is 94.8 Å². The standard InChI is InChI=1S/C30H30ClN3O3/c31-24-15-9-8-10-21(24)19-34-28(35)26-18-27-25(16-17-37-27)33(26)20-30(34,22-11-4-3-5-12-22)29(36)32-23-13-6-1-2-7-14-23/h3-5,8-12,15-18,23H,1-2,6-7,13-14,19-20H2,(H,32,36). The maximum atomic E-state index is 14.6. The van der Waals surface area contributed by atoms with Crippen molar-refractivity contribution in [1.29, 1.82) is 0 Å². The van der Waals surface area contributed by atoms with Crippen molar-refractivity contribution in [3.8, 4) is 0 Å². The summed E-state index contributed by atoms with van der Waals surface area (Å²) in [5, 5.41) is 3.95. The van der Waals surface area contributed by atoms with Crippen LogP contribution in [0, 0.1) is 0 Å². The quantitative estimate of drug-likeness (QED) is 0.318. The number of carbonyl (C=O) groups excluding carboxylic acids is 2. The zero-order valence-corrected chi connectivity index (χ0v) is 21.4. The molecule has 0 spiro atoms. The van der Waals surface area contributed by atoms with E-state index in [0.717, 1.165) is 42.3 Å². The molecule has 3 heterocycles. The molecule has 1 aliphatic heterocycles. The molecular weight excluding hydrogens is 486 g/mol. The van der Waals surface area contributed by atoms with Gasteiger partial charge >= 0.3 is 0 Å². The number of hydrogen-bond acceptors (Lipinski definition) is 3. The number of halogens is 1. The maximum Gasteiger partial charge on any atom is 0.272 e. The molecule has 1 fully saturated rings. The predicted octanol–water partition coefficient (Wildman–Crippen LogP) is 6.28. The molecule has 0 radical (unpaired) electrons. The van der Waals surface area contributed by atoms with E-state index in [2.05, 4.69) is 5.32 Å². The summed E-state index contributed by atoms with van der Waals surface area (Å²) in [5.41, 5.74) is 2.26. The minimum atomic E-state index is -1.26. The number of fused-ring (bicyclic) bond motifs is 3. The molecule has 7 heteroatoms. The lowest BCUT2D eigenvalue weighted by molar-refractivity contribution is -0.136. The van der Waals surface area contributed by atoms with Gasteiger partial charge in [0.15, 0.2) is 11.1 Å². The van der Waals surface area contributed by atoms with Crippen LogP contribution >= 0.6 is 11.6 Å². The number of nitrogens with zero attached hydrogens (tertiary/aromatic N) is 2. The Kier molecular flexibility index (Phi) is 6.29. The van der Waals surface area contributed by atoms with E-state index in [9.17, 15) is 9.59 Å². The average molecular weight is 516 g/mol. The smallest absolute Gasteiger partial charge is 0.272 e. The first kappa shape index (κ1) is 23.9. The van der Waals surface area contributed by atoms with Crippen molar-refractivity contribution in [1.82, 2.24) is 14.8 Å². The molecule has 2 aromatic heterocycles. The third kappa shape index (κ3) is 4.13. The van der Waals surface area contributed by atoms with E-state index in [-0.39, 0.29) is 30.9 Å². The first-order chi connectivity index (χ1) is 18.1. The summed E-state index contributed by atoms with van der Waals surface area (Å²) in [5.74, 6) is -0.376. The molecule has 6 rings (SSSR count). The highest BCUT2D eigenvalue weighted by molar-refractivity contribution is 6.31. The molecule has 2 aliphatic rings. The molecule has 0 saturated heterocycles. The summed E-state index contributed by atoms with van der Waals surface area (Å²) in [6, 6.07) is 20.9. The van der Waals surface area contributed by atoms with Crippen molar-refractivity contribution >= 4 is 34.5 Å². The van der Waals surface area contributed by atoms with Crippen LogP contribution in [0.1, 0.15) is 60.1 Å². The summed E-state index contributed by atoms with van der Waals surface area (Å²) in [6.45, 7) is 0.488. The molecule has 1 saturated carbocycles. The van der Waals surface area contributed by atoms with Crippen LogP contribution in [-0.2, 0) is 23.4 Å². The number of rotatable bonds is 5. The predicted molar refractivity (Wildman–Crippen MR) is 143 cm³/mol. The Bertz CT molecular complexity index is 1430. The van der Waals surface area contributed by atoms with Gasteiger partial charge in [0.05, 0.1) is 18.3 Å². The molecule has 6 nitrogen and oxygen atoms in total. The van der Waals surface area contributed by atoms with Gasteiger partial charge in [-0.25, -0.2) is 0 Å². The van der Waals surface area contributed by atoms with Crippen LogP contribution in [0.3, 0.4) is 0 Å². The van der Waals surface area contributed by atoms with Gasteiger partial charge in [-0.3, -0.25) is 9.59 Å². The highest BCUT2D eigenvalue weighted by atomic mass is 35.5. The Hall–Kier alpha value is -3.51. The van der Waals surface area contributed by atoms with Crippen molar-refractivity contribution in [2.75, 3.05) is 0 Å². The van der Waals surface area contributed by atoms with Crippen LogP contribution in [0.4, 0.5) is 0 Å². The van der Waals surface area contributed by atoms with Gasteiger partial charge in [-0.05, 0) is 30.0 Å². The minimum Gasteiger partial charge on any atom is -0.463 e. The summed E-state index contributed by atoms with van der Waals surface area (Å²) >= 11 is 6.57. The lowest BCUT2D eigenvalue weighted by Gasteiger charge is -2.47. The Labute approximate surface area is 221 Å². The van der Waals surface area contributed by atoms with Crippen molar-refractivity contribution < 1.29 is 14.0 Å². The van der Waals surface area contributed by atoms with E-state index in [1.165, 1.54) is 12.8 Å². The fraction of sp³-hybridized carbons (Fsp3) is 0.333. The van der Waals surface area contributed by atoms with Gasteiger partial charge in [0.1, 0.15) is 5.69 Å². The first-order valence-corrected chi connectivity index (χ1v) is 13.4. The molecule has 1 atom stereocenters. The highest BCUT2D eigenvalue weighted by Gasteiger charge is 2.53. The number of benzene rings is 2. The molecule has 1 unspecified atom stereocenters. The van der Waals surface area contributed by atoms with Gasteiger partial charge in [0.25, 0.3) is 11.8 Å². The van der Waals surface area contributed by atoms with Gasteiger partial charge in [0.2, 0.25) is 0 Å². The largest absolute Gasteiger partial charge is 0.463 e. The number of carbonyl (C=O) groups is 2. The number of amides is 2. The molecule has 2 aromatic carbocycles. The van der Waals surface area contributed by atoms with Crippen LogP contribution in [0.5, 0.6) is 0 Å². The second-order valence-electron chi connectivity index (χ2n) is 10.2. The summed E-state index contributed by atoms with van der Waals surface area (Å²) in [4.78, 5) is 30.6. The lowest BCUT2D eigenvalue weighted by Crippen LogP contribution is -2.64. The lowest BCUT2D eigenvalue weighted by atomic mass is 9.83. The van der Waals surface area contributed by atoms with E-state index in [1.807, 2.05) is 65.2 Å². The van der Waals surface area contributed by atoms with E-state index >= 15 is 0 Å². The van der Waals surface area contributed by atoms with E-state index in [1.54, 1.807) is 17.2 Å². The Morgan fingerprint density at radius 1 is 1.00 bits per heavy atom. The van der Waals surface area contributed by atoms with Crippen LogP contribution in [0.15, 0.2) is 77.4 Å². The Morgan fingerprint density at radius 3 is 2.49 bits per heavy atom. The molecule has 2 amide bonds. The van der Waals surface area contributed by atoms with Crippen molar-refractivity contribution in [2.45, 2.75) is 63.2 Å². The number of hydrogen-bond donors (Lipinski definition) is 1. The van der Waals surface area contributed by atoms with Gasteiger partial charge in [-0.15, -0.1) is 0 Å². The van der Waals surface area contributed by atoms with Gasteiger partial charge in [-0.2, -0.15) is 0 Å². The van der Waals surface area contributed by atoms with Gasteiger partial charge in [0, 0.05) is 29.7 Å². The number of nitrogens with one attached hydrogen (secondary N) is 1. The number of aromatic nitrogens is 1. The fourth-order valence-electron chi connectivity index (χ4n) is 5.97. The van der Waals surface area contributed by atoms with Crippen LogP contribution in [-0.4, -0.2) is 27.3 Å². The second kappa shape index (κ2) is 9.75. The van der Waals surface area contributed by atoms with Crippen molar-refractivity contribution in [2.24, 2.45) is 0 Å². The Balaban J connectivity index is 1.52. The monoisotopic (exact) mass is 515 g/mol. The van der Waals surface area contributed by atoms with Gasteiger partial charge in [-0.1, -0.05) is 85.8 Å². The third-order valence-corrected chi connectivity index (χ3v) is 8.31. The molecule has 4 aromatic rings. The van der Waals surface area contributed by atoms with Crippen LogP contribution < -0.4 is 5.32 Å². The first-order valence-electron chi connectivity index (χ1n) is 13.1. The summed E-state index contributed by atoms with van der Waals surface area (Å²) < 4.78 is 7.58. The SMILES string of the molecule is O=C1c2cc3occc3n2CC(C(=O)NC2CCCCCC2)(c2ccccc2)N1Cc1ccccc1Cl. The summed E-state index contributed by atoms with van der Waals surface area (Å²) in [7, 11) is 0. The zero-order chi connectivity index (χ0) is 25.4. The molecule has 37 heavy (non-hydrogen) atoms. The average Bonchev–Trinajstić information content (AvgIpc) is 3.41. The van der Waals surface area contributed by atoms with Crippen LogP contribution in [0.25, 0.3) is 11.1 Å². The molecule has 1 aliphatic carbocycles.